The van der Waals surface area contributed by atoms with Crippen molar-refractivity contribution in [1.82, 2.24) is 13.6 Å². The molecule has 2 heterocycles. The van der Waals surface area contributed by atoms with Crippen LogP contribution < -0.4 is 0 Å². The van der Waals surface area contributed by atoms with Gasteiger partial charge in [0, 0.05) is 38.9 Å². The van der Waals surface area contributed by atoms with Crippen molar-refractivity contribution in [2.45, 2.75) is 12.8 Å². The molecule has 1 fully saturated rings. The van der Waals surface area contributed by atoms with Crippen molar-refractivity contribution in [3.63, 3.8) is 0 Å². The number of carbonyl (C=O) groups is 1. The van der Waals surface area contributed by atoms with Crippen LogP contribution in [0.15, 0.2) is 42.6 Å². The number of hydrogen-bond acceptors (Lipinski definition) is 4. The third-order valence-electron chi connectivity index (χ3n) is 4.85. The fourth-order valence-corrected chi connectivity index (χ4v) is 4.63. The van der Waals surface area contributed by atoms with Crippen LogP contribution in [0.2, 0.25) is 0 Å². The highest BCUT2D eigenvalue weighted by atomic mass is 32.2. The highest BCUT2D eigenvalue weighted by molar-refractivity contribution is 7.86. The first-order valence-electron chi connectivity index (χ1n) is 8.75. The minimum Gasteiger partial charge on any atom is -0.478 e. The van der Waals surface area contributed by atoms with Crippen LogP contribution in [0.5, 0.6) is 0 Å². The molecular formula is C19H23N3O4S. The van der Waals surface area contributed by atoms with Crippen LogP contribution in [-0.4, -0.2) is 60.3 Å². The molecule has 27 heavy (non-hydrogen) atoms. The summed E-state index contributed by atoms with van der Waals surface area (Å²) in [5, 5.41) is 9.47. The molecule has 0 radical (unpaired) electrons. The summed E-state index contributed by atoms with van der Waals surface area (Å²) in [6, 6.07) is 10.6. The molecule has 1 N–H and O–H groups in total. The first-order valence-corrected chi connectivity index (χ1v) is 10.1. The Labute approximate surface area is 159 Å². The van der Waals surface area contributed by atoms with E-state index in [0.29, 0.717) is 30.8 Å². The number of aromatic carboxylic acids is 1. The lowest BCUT2D eigenvalue weighted by Crippen LogP contribution is -2.38. The summed E-state index contributed by atoms with van der Waals surface area (Å²) < 4.78 is 27.4. The Morgan fingerprint density at radius 2 is 2.00 bits per heavy atom. The van der Waals surface area contributed by atoms with Crippen molar-refractivity contribution in [3.8, 4) is 11.3 Å². The van der Waals surface area contributed by atoms with Gasteiger partial charge in [-0.05, 0) is 36.5 Å². The third-order valence-corrected chi connectivity index (χ3v) is 6.76. The zero-order valence-electron chi connectivity index (χ0n) is 15.4. The van der Waals surface area contributed by atoms with Crippen LogP contribution in [0.4, 0.5) is 0 Å². The van der Waals surface area contributed by atoms with Crippen LogP contribution in [0.3, 0.4) is 0 Å². The van der Waals surface area contributed by atoms with Crippen LogP contribution in [0.1, 0.15) is 22.3 Å². The molecule has 1 aliphatic heterocycles. The Hall–Kier alpha value is -2.29. The van der Waals surface area contributed by atoms with E-state index in [-0.39, 0.29) is 11.5 Å². The Morgan fingerprint density at radius 3 is 2.70 bits per heavy atom. The number of rotatable bonds is 6. The molecule has 1 saturated heterocycles. The Kier molecular flexibility index (Phi) is 5.59. The summed E-state index contributed by atoms with van der Waals surface area (Å²) in [6.45, 7) is 0.946. The second-order valence-electron chi connectivity index (χ2n) is 6.87. The van der Waals surface area contributed by atoms with Gasteiger partial charge in [0.1, 0.15) is 0 Å². The van der Waals surface area contributed by atoms with Gasteiger partial charge in [0.2, 0.25) is 0 Å². The normalized spacial score (nSPS) is 18.1. The Balaban J connectivity index is 1.86. The molecular weight excluding hydrogens is 366 g/mol. The second kappa shape index (κ2) is 7.75. The lowest BCUT2D eigenvalue weighted by atomic mass is 9.93. The Bertz CT molecular complexity index is 943. The van der Waals surface area contributed by atoms with Crippen molar-refractivity contribution in [1.29, 1.82) is 0 Å². The fourth-order valence-electron chi connectivity index (χ4n) is 3.44. The van der Waals surface area contributed by atoms with Gasteiger partial charge in [-0.1, -0.05) is 24.3 Å². The zero-order chi connectivity index (χ0) is 19.6. The SMILES string of the molecule is CN(C)S(=O)(=O)N1CCC(Cc2cccnc2-c2ccccc2C(=O)O)C1. The van der Waals surface area contributed by atoms with E-state index >= 15 is 0 Å². The van der Waals surface area contributed by atoms with E-state index in [1.807, 2.05) is 12.1 Å². The van der Waals surface area contributed by atoms with E-state index < -0.39 is 16.2 Å². The van der Waals surface area contributed by atoms with Gasteiger partial charge < -0.3 is 5.11 Å². The van der Waals surface area contributed by atoms with Crippen molar-refractivity contribution in [3.05, 3.63) is 53.7 Å². The first-order chi connectivity index (χ1) is 12.8. The third kappa shape index (κ3) is 4.02. The molecule has 1 aromatic carbocycles. The van der Waals surface area contributed by atoms with Crippen LogP contribution >= 0.6 is 0 Å². The van der Waals surface area contributed by atoms with Crippen molar-refractivity contribution in [2.75, 3.05) is 27.2 Å². The molecule has 1 aliphatic rings. The lowest BCUT2D eigenvalue weighted by molar-refractivity contribution is 0.0697. The average Bonchev–Trinajstić information content (AvgIpc) is 3.11. The van der Waals surface area contributed by atoms with Crippen molar-refractivity contribution >= 4 is 16.2 Å². The minimum atomic E-state index is -3.41. The van der Waals surface area contributed by atoms with E-state index in [9.17, 15) is 18.3 Å². The fraction of sp³-hybridized carbons (Fsp3) is 0.368. The number of carboxylic acids is 1. The van der Waals surface area contributed by atoms with E-state index in [1.54, 1.807) is 30.5 Å². The predicted octanol–water partition coefficient (Wildman–Crippen LogP) is 2.12. The molecule has 0 saturated carbocycles. The molecule has 144 valence electrons. The predicted molar refractivity (Wildman–Crippen MR) is 103 cm³/mol. The van der Waals surface area contributed by atoms with E-state index in [4.69, 9.17) is 0 Å². The van der Waals surface area contributed by atoms with Gasteiger partial charge in [0.25, 0.3) is 10.2 Å². The van der Waals surface area contributed by atoms with Gasteiger partial charge >= 0.3 is 5.97 Å². The van der Waals surface area contributed by atoms with Crippen LogP contribution in [0.25, 0.3) is 11.3 Å². The first kappa shape index (κ1) is 19.5. The number of benzene rings is 1. The van der Waals surface area contributed by atoms with Crippen LogP contribution in [0, 0.1) is 5.92 Å². The lowest BCUT2D eigenvalue weighted by Gasteiger charge is -2.21. The maximum Gasteiger partial charge on any atom is 0.336 e. The quantitative estimate of drug-likeness (QED) is 0.817. The van der Waals surface area contributed by atoms with Gasteiger partial charge in [-0.15, -0.1) is 0 Å². The smallest absolute Gasteiger partial charge is 0.336 e. The standard InChI is InChI=1S/C19H23N3O4S/c1-21(2)27(25,26)22-11-9-14(13-22)12-15-6-5-10-20-18(15)16-7-3-4-8-17(16)19(23)24/h3-8,10,14H,9,11-13H2,1-2H3,(H,23,24). The average molecular weight is 389 g/mol. The van der Waals surface area contributed by atoms with Crippen molar-refractivity contribution < 1.29 is 18.3 Å². The van der Waals surface area contributed by atoms with E-state index in [0.717, 1.165) is 12.0 Å². The summed E-state index contributed by atoms with van der Waals surface area (Å²) in [5.41, 5.74) is 2.36. The topological polar surface area (TPSA) is 90.8 Å². The van der Waals surface area contributed by atoms with E-state index in [1.165, 1.54) is 22.7 Å². The van der Waals surface area contributed by atoms with Gasteiger partial charge in [0.05, 0.1) is 11.3 Å². The van der Waals surface area contributed by atoms with Gasteiger partial charge in [-0.25, -0.2) is 4.79 Å². The number of aromatic nitrogens is 1. The maximum absolute atomic E-state index is 12.3. The molecule has 0 amide bonds. The minimum absolute atomic E-state index is 0.166. The highest BCUT2D eigenvalue weighted by Crippen LogP contribution is 2.30. The molecule has 1 aromatic heterocycles. The van der Waals surface area contributed by atoms with Gasteiger partial charge in [-0.2, -0.15) is 17.0 Å². The zero-order valence-corrected chi connectivity index (χ0v) is 16.2. The van der Waals surface area contributed by atoms with Crippen molar-refractivity contribution in [2.24, 2.45) is 5.92 Å². The number of hydrogen-bond donors (Lipinski definition) is 1. The molecule has 1 unspecified atom stereocenters. The number of carboxylic acid groups (broad SMARTS) is 1. The molecule has 0 spiro atoms. The molecule has 3 rings (SSSR count). The molecule has 1 atom stereocenters. The van der Waals surface area contributed by atoms with Gasteiger partial charge in [0.15, 0.2) is 0 Å². The molecule has 0 aliphatic carbocycles. The van der Waals surface area contributed by atoms with Gasteiger partial charge in [-0.3, -0.25) is 4.98 Å². The summed E-state index contributed by atoms with van der Waals surface area (Å²) in [4.78, 5) is 16.0. The summed E-state index contributed by atoms with van der Waals surface area (Å²) in [6.07, 6.45) is 3.06. The molecule has 7 nitrogen and oxygen atoms in total. The summed E-state index contributed by atoms with van der Waals surface area (Å²) in [7, 11) is -0.344. The monoisotopic (exact) mass is 389 g/mol. The maximum atomic E-state index is 12.3. The number of nitrogens with zero attached hydrogens (tertiary/aromatic N) is 3. The number of pyridine rings is 1. The molecule has 8 heteroatoms. The second-order valence-corrected chi connectivity index (χ2v) is 9.01. The van der Waals surface area contributed by atoms with Crippen LogP contribution in [-0.2, 0) is 16.6 Å². The summed E-state index contributed by atoms with van der Waals surface area (Å²) in [5.74, 6) is -0.828. The highest BCUT2D eigenvalue weighted by Gasteiger charge is 2.33. The molecule has 0 bridgehead atoms. The van der Waals surface area contributed by atoms with E-state index in [2.05, 4.69) is 4.98 Å². The summed E-state index contributed by atoms with van der Waals surface area (Å²) >= 11 is 0. The molecule has 2 aromatic rings. The largest absolute Gasteiger partial charge is 0.478 e. The Morgan fingerprint density at radius 1 is 1.26 bits per heavy atom.